The van der Waals surface area contributed by atoms with E-state index in [1.54, 1.807) is 0 Å². The fourth-order valence-corrected chi connectivity index (χ4v) is 4.52. The van der Waals surface area contributed by atoms with Gasteiger partial charge < -0.3 is 20.1 Å². The van der Waals surface area contributed by atoms with Crippen molar-refractivity contribution in [2.45, 2.75) is 25.9 Å². The molecule has 0 aromatic carbocycles. The first-order valence-corrected chi connectivity index (χ1v) is 8.41. The Morgan fingerprint density at radius 2 is 2.05 bits per heavy atom. The molecule has 1 rings (SSSR count). The fraction of sp³-hybridized carbons (Fsp3) is 0.833. The number of ether oxygens (including phenoxy) is 1. The minimum Gasteiger partial charge on any atom is -0.480 e. The third-order valence-corrected chi connectivity index (χ3v) is 5.49. The second-order valence-corrected chi connectivity index (χ2v) is 7.37. The van der Waals surface area contributed by atoms with Crippen LogP contribution >= 0.6 is 0 Å². The lowest BCUT2D eigenvalue weighted by molar-refractivity contribution is -0.176. The van der Waals surface area contributed by atoms with Gasteiger partial charge in [0, 0.05) is 12.3 Å². The van der Waals surface area contributed by atoms with E-state index in [2.05, 4.69) is 0 Å². The molecule has 3 N–H and O–H groups in total. The summed E-state index contributed by atoms with van der Waals surface area (Å²) in [5.41, 5.74) is -2.16. The van der Waals surface area contributed by atoms with E-state index in [4.69, 9.17) is 9.84 Å². The van der Waals surface area contributed by atoms with Gasteiger partial charge in [-0.2, -0.15) is 0 Å². The van der Waals surface area contributed by atoms with Crippen molar-refractivity contribution in [3.8, 4) is 0 Å². The maximum atomic E-state index is 12.2. The normalized spacial score (nSPS) is 25.0. The summed E-state index contributed by atoms with van der Waals surface area (Å²) in [6.45, 7) is 0.703. The Bertz CT molecular complexity index is 499. The van der Waals surface area contributed by atoms with Crippen LogP contribution in [-0.4, -0.2) is 66.5 Å². The highest BCUT2D eigenvalue weighted by Crippen LogP contribution is 2.41. The Kier molecular flexibility index (Phi) is 5.71. The van der Waals surface area contributed by atoms with Crippen molar-refractivity contribution in [1.82, 2.24) is 0 Å². The quantitative estimate of drug-likeness (QED) is 0.392. The van der Waals surface area contributed by atoms with Gasteiger partial charge >= 0.3 is 11.9 Å². The lowest BCUT2D eigenvalue weighted by Crippen LogP contribution is -2.50. The van der Waals surface area contributed by atoms with Crippen molar-refractivity contribution in [2.24, 2.45) is 11.3 Å². The van der Waals surface area contributed by atoms with Crippen molar-refractivity contribution >= 4 is 21.8 Å². The maximum absolute atomic E-state index is 12.2. The summed E-state index contributed by atoms with van der Waals surface area (Å²) in [4.78, 5) is 23.9. The number of aliphatic hydroxyl groups is 2. The van der Waals surface area contributed by atoms with Crippen LogP contribution in [0.15, 0.2) is 0 Å². The summed E-state index contributed by atoms with van der Waals surface area (Å²) in [6.07, 6.45) is -2.03. The molecule has 0 aromatic rings. The van der Waals surface area contributed by atoms with Crippen molar-refractivity contribution in [2.75, 3.05) is 24.7 Å². The van der Waals surface area contributed by atoms with E-state index in [0.29, 0.717) is 0 Å². The summed E-state index contributed by atoms with van der Waals surface area (Å²) in [5, 5.41) is 28.0. The standard InChI is InChI=1S/C12H20O8S/c1-2-20-11(17)12(10(15)16,5-9(14)6-13)8-3-4-21(18,19)7-8/h8-9,13-14H,2-7H2,1H3,(H,15,16). The zero-order valence-electron chi connectivity index (χ0n) is 11.7. The molecule has 0 bridgehead atoms. The van der Waals surface area contributed by atoms with Gasteiger partial charge in [-0.05, 0) is 13.3 Å². The monoisotopic (exact) mass is 324 g/mol. The summed E-state index contributed by atoms with van der Waals surface area (Å²) in [6, 6.07) is 0. The molecule has 122 valence electrons. The molecule has 0 amide bonds. The first-order chi connectivity index (χ1) is 9.69. The van der Waals surface area contributed by atoms with Gasteiger partial charge in [-0.15, -0.1) is 0 Å². The van der Waals surface area contributed by atoms with Gasteiger partial charge in [-0.3, -0.25) is 9.59 Å². The minimum atomic E-state index is -3.42. The van der Waals surface area contributed by atoms with Crippen molar-refractivity contribution in [1.29, 1.82) is 0 Å². The molecule has 0 radical (unpaired) electrons. The Hall–Kier alpha value is -1.19. The molecule has 1 aliphatic heterocycles. The summed E-state index contributed by atoms with van der Waals surface area (Å²) in [5.74, 6) is -4.26. The highest BCUT2D eigenvalue weighted by Gasteiger charge is 2.57. The van der Waals surface area contributed by atoms with Crippen LogP contribution in [0.3, 0.4) is 0 Å². The molecule has 0 aromatic heterocycles. The topological polar surface area (TPSA) is 138 Å². The SMILES string of the molecule is CCOC(=O)C(CC(O)CO)(C(=O)O)C1CCS(=O)(=O)C1. The average molecular weight is 324 g/mol. The van der Waals surface area contributed by atoms with Crippen LogP contribution in [0.5, 0.6) is 0 Å². The van der Waals surface area contributed by atoms with Crippen molar-refractivity contribution in [3.63, 3.8) is 0 Å². The molecule has 1 saturated heterocycles. The molecule has 0 spiro atoms. The molecular weight excluding hydrogens is 304 g/mol. The molecule has 3 atom stereocenters. The number of aliphatic hydroxyl groups excluding tert-OH is 2. The molecule has 1 fully saturated rings. The van der Waals surface area contributed by atoms with Crippen LogP contribution in [-0.2, 0) is 24.2 Å². The lowest BCUT2D eigenvalue weighted by atomic mass is 9.71. The Labute approximate surface area is 122 Å². The number of aliphatic carboxylic acids is 1. The third kappa shape index (κ3) is 3.72. The molecule has 1 aliphatic rings. The van der Waals surface area contributed by atoms with Crippen LogP contribution < -0.4 is 0 Å². The van der Waals surface area contributed by atoms with E-state index in [1.807, 2.05) is 0 Å². The van der Waals surface area contributed by atoms with Gasteiger partial charge in [0.1, 0.15) is 0 Å². The van der Waals surface area contributed by atoms with Crippen LogP contribution in [0.1, 0.15) is 19.8 Å². The number of rotatable bonds is 7. The Morgan fingerprint density at radius 1 is 1.43 bits per heavy atom. The zero-order valence-corrected chi connectivity index (χ0v) is 12.5. The van der Waals surface area contributed by atoms with Gasteiger partial charge in [0.05, 0.1) is 30.8 Å². The van der Waals surface area contributed by atoms with Gasteiger partial charge in [0.25, 0.3) is 0 Å². The summed E-state index contributed by atoms with van der Waals surface area (Å²) >= 11 is 0. The largest absolute Gasteiger partial charge is 0.480 e. The number of carbonyl (C=O) groups is 2. The van der Waals surface area contributed by atoms with Crippen LogP contribution in [0.25, 0.3) is 0 Å². The summed E-state index contributed by atoms with van der Waals surface area (Å²) < 4.78 is 28.0. The average Bonchev–Trinajstić information content (AvgIpc) is 2.75. The summed E-state index contributed by atoms with van der Waals surface area (Å²) in [7, 11) is -3.42. The molecule has 0 saturated carbocycles. The second-order valence-electron chi connectivity index (χ2n) is 5.14. The van der Waals surface area contributed by atoms with E-state index in [0.717, 1.165) is 0 Å². The van der Waals surface area contributed by atoms with E-state index in [9.17, 15) is 28.2 Å². The predicted molar refractivity (Wildman–Crippen MR) is 71.2 cm³/mol. The smallest absolute Gasteiger partial charge is 0.323 e. The van der Waals surface area contributed by atoms with Crippen molar-refractivity contribution < 1.29 is 38.1 Å². The van der Waals surface area contributed by atoms with Gasteiger partial charge in [0.2, 0.25) is 0 Å². The highest BCUT2D eigenvalue weighted by atomic mass is 32.2. The van der Waals surface area contributed by atoms with Gasteiger partial charge in [0.15, 0.2) is 15.3 Å². The zero-order chi connectivity index (χ0) is 16.3. The predicted octanol–water partition coefficient (Wildman–Crippen LogP) is -1.20. The number of hydrogen-bond donors (Lipinski definition) is 3. The lowest BCUT2D eigenvalue weighted by Gasteiger charge is -2.33. The molecule has 8 nitrogen and oxygen atoms in total. The van der Waals surface area contributed by atoms with E-state index >= 15 is 0 Å². The number of carboxylic acid groups (broad SMARTS) is 1. The molecule has 9 heteroatoms. The first kappa shape index (κ1) is 17.9. The van der Waals surface area contributed by atoms with Crippen LogP contribution in [0, 0.1) is 11.3 Å². The number of hydrogen-bond acceptors (Lipinski definition) is 7. The number of sulfone groups is 1. The van der Waals surface area contributed by atoms with Gasteiger partial charge in [-0.1, -0.05) is 0 Å². The highest BCUT2D eigenvalue weighted by molar-refractivity contribution is 7.91. The number of carboxylic acids is 1. The van der Waals surface area contributed by atoms with Crippen LogP contribution in [0.4, 0.5) is 0 Å². The van der Waals surface area contributed by atoms with E-state index in [-0.39, 0.29) is 18.8 Å². The Balaban J connectivity index is 3.24. The molecule has 21 heavy (non-hydrogen) atoms. The molecular formula is C12H20O8S. The fourth-order valence-electron chi connectivity index (χ4n) is 2.65. The maximum Gasteiger partial charge on any atom is 0.323 e. The Morgan fingerprint density at radius 3 is 2.43 bits per heavy atom. The van der Waals surface area contributed by atoms with Gasteiger partial charge in [-0.25, -0.2) is 8.42 Å². The molecule has 3 unspecified atom stereocenters. The molecule has 1 heterocycles. The third-order valence-electron chi connectivity index (χ3n) is 3.72. The first-order valence-electron chi connectivity index (χ1n) is 6.59. The van der Waals surface area contributed by atoms with Crippen LogP contribution in [0.2, 0.25) is 0 Å². The number of esters is 1. The number of carbonyl (C=O) groups excluding carboxylic acids is 1. The minimum absolute atomic E-state index is 0.00555. The van der Waals surface area contributed by atoms with E-state index in [1.165, 1.54) is 6.92 Å². The second kappa shape index (κ2) is 6.71. The van der Waals surface area contributed by atoms with E-state index < -0.39 is 58.0 Å². The van der Waals surface area contributed by atoms with Crippen molar-refractivity contribution in [3.05, 3.63) is 0 Å². The molecule has 0 aliphatic carbocycles.